The van der Waals surface area contributed by atoms with Crippen molar-refractivity contribution in [3.8, 4) is 5.75 Å². The first-order valence-corrected chi connectivity index (χ1v) is 4.94. The third-order valence-corrected chi connectivity index (χ3v) is 2.19. The summed E-state index contributed by atoms with van der Waals surface area (Å²) in [5.41, 5.74) is 0. The average molecular weight is 230 g/mol. The number of morpholine rings is 1. The summed E-state index contributed by atoms with van der Waals surface area (Å²) in [6, 6.07) is 10.2. The molecule has 0 aromatic heterocycles. The predicted octanol–water partition coefficient (Wildman–Crippen LogP) is 1.48. The molecular weight excluding hydrogens is 214 g/mol. The van der Waals surface area contributed by atoms with Crippen LogP contribution in [0.4, 0.5) is 0 Å². The molecule has 4 heteroatoms. The van der Waals surface area contributed by atoms with Crippen LogP contribution in [0, 0.1) is 0 Å². The monoisotopic (exact) mass is 229 g/mol. The maximum absolute atomic E-state index is 5.60. The lowest BCUT2D eigenvalue weighted by atomic mass is 10.3. The molecule has 0 amide bonds. The Morgan fingerprint density at radius 2 is 2.13 bits per heavy atom. The Morgan fingerprint density at radius 3 is 2.80 bits per heavy atom. The third-order valence-electron chi connectivity index (χ3n) is 2.19. The van der Waals surface area contributed by atoms with E-state index in [1.165, 1.54) is 0 Å². The molecule has 1 N–H and O–H groups in total. The molecule has 84 valence electrons. The second-order valence-electron chi connectivity index (χ2n) is 3.35. The van der Waals surface area contributed by atoms with E-state index in [4.69, 9.17) is 9.47 Å². The molecule has 0 radical (unpaired) electrons. The van der Waals surface area contributed by atoms with Crippen LogP contribution in [-0.4, -0.2) is 32.4 Å². The second kappa shape index (κ2) is 6.67. The van der Waals surface area contributed by atoms with Crippen molar-refractivity contribution in [1.29, 1.82) is 0 Å². The van der Waals surface area contributed by atoms with Crippen molar-refractivity contribution in [3.05, 3.63) is 30.3 Å². The molecule has 1 saturated heterocycles. The summed E-state index contributed by atoms with van der Waals surface area (Å²) in [6.07, 6.45) is 0. The number of halogens is 1. The van der Waals surface area contributed by atoms with E-state index in [1.54, 1.807) is 0 Å². The topological polar surface area (TPSA) is 30.5 Å². The molecule has 0 spiro atoms. The minimum absolute atomic E-state index is 0. The predicted molar refractivity (Wildman–Crippen MR) is 61.8 cm³/mol. The normalized spacial score (nSPS) is 20.4. The van der Waals surface area contributed by atoms with E-state index in [1.807, 2.05) is 30.3 Å². The standard InChI is InChI=1S/C11H15NO2.ClH/c1-2-4-11(5-3-1)14-9-10-8-13-7-6-12-10;/h1-5,10,12H,6-9H2;1H/t10-;/m0./s1. The number of para-hydroxylation sites is 1. The summed E-state index contributed by atoms with van der Waals surface area (Å²) in [7, 11) is 0. The number of hydrogen-bond acceptors (Lipinski definition) is 3. The van der Waals surface area contributed by atoms with Gasteiger partial charge in [0, 0.05) is 6.54 Å². The van der Waals surface area contributed by atoms with Gasteiger partial charge in [0.25, 0.3) is 0 Å². The molecule has 15 heavy (non-hydrogen) atoms. The average Bonchev–Trinajstić information content (AvgIpc) is 2.29. The van der Waals surface area contributed by atoms with Gasteiger partial charge in [0.1, 0.15) is 12.4 Å². The van der Waals surface area contributed by atoms with Crippen molar-refractivity contribution >= 4 is 12.4 Å². The van der Waals surface area contributed by atoms with Crippen LogP contribution in [0.2, 0.25) is 0 Å². The summed E-state index contributed by atoms with van der Waals surface area (Å²) in [5, 5.41) is 3.34. The van der Waals surface area contributed by atoms with Crippen LogP contribution in [-0.2, 0) is 4.74 Å². The molecule has 0 unspecified atom stereocenters. The van der Waals surface area contributed by atoms with Crippen LogP contribution in [0.15, 0.2) is 30.3 Å². The molecule has 1 heterocycles. The summed E-state index contributed by atoms with van der Waals surface area (Å²) >= 11 is 0. The van der Waals surface area contributed by atoms with Crippen molar-refractivity contribution in [1.82, 2.24) is 5.32 Å². The Bertz CT molecular complexity index is 263. The van der Waals surface area contributed by atoms with Gasteiger partial charge in [0.2, 0.25) is 0 Å². The molecule has 1 atom stereocenters. The lowest BCUT2D eigenvalue weighted by Crippen LogP contribution is -2.44. The Hall–Kier alpha value is -0.770. The van der Waals surface area contributed by atoms with Crippen molar-refractivity contribution in [3.63, 3.8) is 0 Å². The summed E-state index contributed by atoms with van der Waals surface area (Å²) in [4.78, 5) is 0. The SMILES string of the molecule is Cl.c1ccc(OC[C@@H]2COCCN2)cc1. The third kappa shape index (κ3) is 4.08. The van der Waals surface area contributed by atoms with Gasteiger partial charge in [-0.2, -0.15) is 0 Å². The van der Waals surface area contributed by atoms with Gasteiger partial charge in [-0.15, -0.1) is 12.4 Å². The van der Waals surface area contributed by atoms with Crippen molar-refractivity contribution in [2.75, 3.05) is 26.4 Å². The molecule has 0 bridgehead atoms. The van der Waals surface area contributed by atoms with E-state index in [9.17, 15) is 0 Å². The molecular formula is C11H16ClNO2. The largest absolute Gasteiger partial charge is 0.492 e. The fourth-order valence-electron chi connectivity index (χ4n) is 1.44. The van der Waals surface area contributed by atoms with E-state index in [-0.39, 0.29) is 12.4 Å². The highest BCUT2D eigenvalue weighted by molar-refractivity contribution is 5.85. The van der Waals surface area contributed by atoms with Crippen LogP contribution in [0.3, 0.4) is 0 Å². The van der Waals surface area contributed by atoms with Crippen LogP contribution in [0.5, 0.6) is 5.75 Å². The number of benzene rings is 1. The van der Waals surface area contributed by atoms with Crippen molar-refractivity contribution in [2.24, 2.45) is 0 Å². The number of hydrogen-bond donors (Lipinski definition) is 1. The zero-order chi connectivity index (χ0) is 9.64. The van der Waals surface area contributed by atoms with Crippen molar-refractivity contribution in [2.45, 2.75) is 6.04 Å². The van der Waals surface area contributed by atoms with Gasteiger partial charge in [-0.3, -0.25) is 0 Å². The first kappa shape index (κ1) is 12.3. The van der Waals surface area contributed by atoms with Crippen LogP contribution in [0.1, 0.15) is 0 Å². The second-order valence-corrected chi connectivity index (χ2v) is 3.35. The molecule has 3 nitrogen and oxygen atoms in total. The van der Waals surface area contributed by atoms with E-state index in [0.29, 0.717) is 12.6 Å². The molecule has 0 saturated carbocycles. The van der Waals surface area contributed by atoms with Gasteiger partial charge >= 0.3 is 0 Å². The quantitative estimate of drug-likeness (QED) is 0.852. The Labute approximate surface area is 96.2 Å². The number of ether oxygens (including phenoxy) is 2. The maximum atomic E-state index is 5.60. The lowest BCUT2D eigenvalue weighted by molar-refractivity contribution is 0.0592. The minimum atomic E-state index is 0. The van der Waals surface area contributed by atoms with Gasteiger partial charge in [-0.05, 0) is 12.1 Å². The number of rotatable bonds is 3. The van der Waals surface area contributed by atoms with E-state index in [0.717, 1.165) is 25.5 Å². The highest BCUT2D eigenvalue weighted by Gasteiger charge is 2.12. The Balaban J connectivity index is 0.00000112. The van der Waals surface area contributed by atoms with Gasteiger partial charge in [0.15, 0.2) is 0 Å². The maximum Gasteiger partial charge on any atom is 0.119 e. The number of nitrogens with one attached hydrogen (secondary N) is 1. The minimum Gasteiger partial charge on any atom is -0.492 e. The first-order valence-electron chi connectivity index (χ1n) is 4.94. The van der Waals surface area contributed by atoms with Crippen LogP contribution in [0.25, 0.3) is 0 Å². The lowest BCUT2D eigenvalue weighted by Gasteiger charge is -2.23. The summed E-state index contributed by atoms with van der Waals surface area (Å²) < 4.78 is 10.9. The fraction of sp³-hybridized carbons (Fsp3) is 0.455. The van der Waals surface area contributed by atoms with E-state index < -0.39 is 0 Å². The summed E-state index contributed by atoms with van der Waals surface area (Å²) in [5.74, 6) is 0.917. The van der Waals surface area contributed by atoms with Crippen LogP contribution >= 0.6 is 12.4 Å². The zero-order valence-corrected chi connectivity index (χ0v) is 9.33. The van der Waals surface area contributed by atoms with Gasteiger partial charge < -0.3 is 14.8 Å². The molecule has 1 aromatic rings. The smallest absolute Gasteiger partial charge is 0.119 e. The molecule has 1 aliphatic rings. The van der Waals surface area contributed by atoms with Crippen molar-refractivity contribution < 1.29 is 9.47 Å². The molecule has 2 rings (SSSR count). The first-order chi connectivity index (χ1) is 6.95. The van der Waals surface area contributed by atoms with E-state index >= 15 is 0 Å². The van der Waals surface area contributed by atoms with Gasteiger partial charge in [-0.1, -0.05) is 18.2 Å². The zero-order valence-electron chi connectivity index (χ0n) is 8.52. The van der Waals surface area contributed by atoms with Crippen LogP contribution < -0.4 is 10.1 Å². The Morgan fingerprint density at radius 1 is 1.33 bits per heavy atom. The highest BCUT2D eigenvalue weighted by Crippen LogP contribution is 2.08. The highest BCUT2D eigenvalue weighted by atomic mass is 35.5. The molecule has 0 aliphatic carbocycles. The van der Waals surface area contributed by atoms with E-state index in [2.05, 4.69) is 5.32 Å². The molecule has 1 fully saturated rings. The molecule has 1 aliphatic heterocycles. The van der Waals surface area contributed by atoms with Gasteiger partial charge in [-0.25, -0.2) is 0 Å². The molecule has 1 aromatic carbocycles. The van der Waals surface area contributed by atoms with Gasteiger partial charge in [0.05, 0.1) is 19.3 Å². The fourth-order valence-corrected chi connectivity index (χ4v) is 1.44. The Kier molecular flexibility index (Phi) is 5.47. The summed E-state index contributed by atoms with van der Waals surface area (Å²) in [6.45, 7) is 3.14.